The molecule has 5 heteroatoms. The maximum absolute atomic E-state index is 11.0. The Hall–Kier alpha value is -2.04. The highest BCUT2D eigenvalue weighted by molar-refractivity contribution is 5.94. The second-order valence-corrected chi connectivity index (χ2v) is 2.95. The molecule has 4 N–H and O–H groups in total. The molecule has 0 aliphatic heterocycles. The molecule has 80 valence electrons. The fraction of sp³-hybridized carbons (Fsp3) is 0.200. The Morgan fingerprint density at radius 3 is 2.60 bits per heavy atom. The summed E-state index contributed by atoms with van der Waals surface area (Å²) in [6, 6.07) is 6.59. The monoisotopic (exact) mass is 207 g/mol. The number of hydrogen-bond acceptors (Lipinski definition) is 2. The molecule has 0 saturated heterocycles. The van der Waals surface area contributed by atoms with Crippen LogP contribution in [0.3, 0.4) is 0 Å². The van der Waals surface area contributed by atoms with Gasteiger partial charge in [-0.15, -0.1) is 0 Å². The Kier molecular flexibility index (Phi) is 3.68. The largest absolute Gasteiger partial charge is 0.366 e. The molecule has 1 aromatic rings. The number of hydrogen-bond donors (Lipinski definition) is 3. The molecule has 0 atom stereocenters. The zero-order valence-electron chi connectivity index (χ0n) is 8.41. The zero-order chi connectivity index (χ0) is 11.3. The number of rotatable bonds is 3. The predicted molar refractivity (Wildman–Crippen MR) is 56.3 cm³/mol. The first-order valence-electron chi connectivity index (χ1n) is 4.48. The molecule has 0 aliphatic carbocycles. The Morgan fingerprint density at radius 2 is 2.00 bits per heavy atom. The third kappa shape index (κ3) is 2.98. The number of nitrogens with two attached hydrogens (primary N) is 1. The van der Waals surface area contributed by atoms with Gasteiger partial charge in [0.1, 0.15) is 0 Å². The van der Waals surface area contributed by atoms with E-state index in [1.165, 1.54) is 7.05 Å². The van der Waals surface area contributed by atoms with E-state index in [0.717, 1.165) is 0 Å². The first-order chi connectivity index (χ1) is 7.15. The lowest BCUT2D eigenvalue weighted by atomic mass is 10.1. The number of carbonyl (C=O) groups is 2. The number of primary amides is 1. The maximum atomic E-state index is 11.0. The van der Waals surface area contributed by atoms with E-state index < -0.39 is 5.91 Å². The summed E-state index contributed by atoms with van der Waals surface area (Å²) in [6.07, 6.45) is 0. The minimum atomic E-state index is -0.496. The fourth-order valence-electron chi connectivity index (χ4n) is 1.18. The van der Waals surface area contributed by atoms with Gasteiger partial charge in [0, 0.05) is 19.2 Å². The second-order valence-electron chi connectivity index (χ2n) is 2.95. The van der Waals surface area contributed by atoms with Gasteiger partial charge in [-0.3, -0.25) is 4.79 Å². The summed E-state index contributed by atoms with van der Waals surface area (Å²) in [7, 11) is 1.52. The van der Waals surface area contributed by atoms with Crippen LogP contribution in [0.4, 0.5) is 4.79 Å². The molecule has 5 nitrogen and oxygen atoms in total. The Balaban J connectivity index is 2.76. The molecule has 1 rings (SSSR count). The summed E-state index contributed by atoms with van der Waals surface area (Å²) in [5, 5.41) is 5.00. The van der Waals surface area contributed by atoms with Gasteiger partial charge in [-0.2, -0.15) is 0 Å². The molecule has 0 bridgehead atoms. The van der Waals surface area contributed by atoms with Gasteiger partial charge in [-0.25, -0.2) is 4.79 Å². The van der Waals surface area contributed by atoms with Gasteiger partial charge in [-0.1, -0.05) is 18.2 Å². The highest BCUT2D eigenvalue weighted by Gasteiger charge is 2.07. The topological polar surface area (TPSA) is 84.2 Å². The van der Waals surface area contributed by atoms with Crippen molar-refractivity contribution in [3.8, 4) is 0 Å². The summed E-state index contributed by atoms with van der Waals surface area (Å²) in [5.74, 6) is -0.496. The van der Waals surface area contributed by atoms with Crippen LogP contribution < -0.4 is 16.4 Å². The molecule has 3 amide bonds. The van der Waals surface area contributed by atoms with Gasteiger partial charge < -0.3 is 16.4 Å². The van der Waals surface area contributed by atoms with Gasteiger partial charge >= 0.3 is 6.03 Å². The summed E-state index contributed by atoms with van der Waals surface area (Å²) in [5.41, 5.74) is 6.31. The molecule has 0 aromatic heterocycles. The number of amides is 3. The van der Waals surface area contributed by atoms with Gasteiger partial charge in [0.25, 0.3) is 0 Å². The van der Waals surface area contributed by atoms with Crippen molar-refractivity contribution in [3.05, 3.63) is 35.4 Å². The molecule has 15 heavy (non-hydrogen) atoms. The molecular formula is C10H13N3O2. The molecule has 0 radical (unpaired) electrons. The fourth-order valence-corrected chi connectivity index (χ4v) is 1.18. The van der Waals surface area contributed by atoms with Crippen LogP contribution >= 0.6 is 0 Å². The highest BCUT2D eigenvalue weighted by atomic mass is 16.2. The zero-order valence-corrected chi connectivity index (χ0v) is 8.41. The number of benzene rings is 1. The quantitative estimate of drug-likeness (QED) is 0.662. The first-order valence-corrected chi connectivity index (χ1v) is 4.48. The van der Waals surface area contributed by atoms with Crippen molar-refractivity contribution in [2.75, 3.05) is 7.05 Å². The van der Waals surface area contributed by atoms with Crippen LogP contribution in [0.5, 0.6) is 0 Å². The minimum absolute atomic E-state index is 0.277. The van der Waals surface area contributed by atoms with Crippen molar-refractivity contribution >= 4 is 11.9 Å². The van der Waals surface area contributed by atoms with E-state index in [2.05, 4.69) is 10.6 Å². The van der Waals surface area contributed by atoms with E-state index in [1.807, 2.05) is 0 Å². The molecule has 0 aliphatic rings. The van der Waals surface area contributed by atoms with Crippen LogP contribution in [0.15, 0.2) is 24.3 Å². The molecule has 0 saturated carbocycles. The van der Waals surface area contributed by atoms with E-state index in [9.17, 15) is 9.59 Å². The van der Waals surface area contributed by atoms with Crippen molar-refractivity contribution < 1.29 is 9.59 Å². The lowest BCUT2D eigenvalue weighted by Gasteiger charge is -2.07. The van der Waals surface area contributed by atoms with Crippen molar-refractivity contribution in [1.82, 2.24) is 10.6 Å². The van der Waals surface area contributed by atoms with E-state index >= 15 is 0 Å². The smallest absolute Gasteiger partial charge is 0.314 e. The predicted octanol–water partition coefficient (Wildman–Crippen LogP) is 0.214. The van der Waals surface area contributed by atoms with Crippen LogP contribution in [0.2, 0.25) is 0 Å². The van der Waals surface area contributed by atoms with Crippen molar-refractivity contribution in [1.29, 1.82) is 0 Å². The summed E-state index contributed by atoms with van der Waals surface area (Å²) >= 11 is 0. The van der Waals surface area contributed by atoms with Crippen LogP contribution in [0.1, 0.15) is 15.9 Å². The van der Waals surface area contributed by atoms with Gasteiger partial charge in [-0.05, 0) is 11.6 Å². The lowest BCUT2D eigenvalue weighted by Crippen LogP contribution is -2.32. The highest BCUT2D eigenvalue weighted by Crippen LogP contribution is 2.07. The molecule has 0 spiro atoms. The summed E-state index contributed by atoms with van der Waals surface area (Å²) in [6.45, 7) is 0.277. The van der Waals surface area contributed by atoms with Crippen LogP contribution in [0, 0.1) is 0 Å². The van der Waals surface area contributed by atoms with Gasteiger partial charge in [0.05, 0.1) is 0 Å². The number of urea groups is 1. The average Bonchev–Trinajstić information content (AvgIpc) is 2.26. The normalized spacial score (nSPS) is 9.40. The lowest BCUT2D eigenvalue weighted by molar-refractivity contribution is 0.0999. The SMILES string of the molecule is CNC(=O)NCc1ccccc1C(N)=O. The van der Waals surface area contributed by atoms with Crippen molar-refractivity contribution in [2.45, 2.75) is 6.54 Å². The molecular weight excluding hydrogens is 194 g/mol. The molecule has 1 aromatic carbocycles. The van der Waals surface area contributed by atoms with Crippen LogP contribution in [-0.4, -0.2) is 19.0 Å². The first kappa shape index (κ1) is 11.0. The number of nitrogens with one attached hydrogen (secondary N) is 2. The third-order valence-corrected chi connectivity index (χ3v) is 1.95. The van der Waals surface area contributed by atoms with E-state index in [-0.39, 0.29) is 12.6 Å². The van der Waals surface area contributed by atoms with Gasteiger partial charge in [0.2, 0.25) is 5.91 Å². The van der Waals surface area contributed by atoms with Crippen molar-refractivity contribution in [2.24, 2.45) is 5.73 Å². The van der Waals surface area contributed by atoms with Crippen LogP contribution in [0.25, 0.3) is 0 Å². The third-order valence-electron chi connectivity index (χ3n) is 1.95. The number of carbonyl (C=O) groups excluding carboxylic acids is 2. The molecule has 0 unspecified atom stereocenters. The Labute approximate surface area is 87.7 Å². The second kappa shape index (κ2) is 4.99. The van der Waals surface area contributed by atoms with Gasteiger partial charge in [0.15, 0.2) is 0 Å². The maximum Gasteiger partial charge on any atom is 0.314 e. The van der Waals surface area contributed by atoms with Crippen LogP contribution in [-0.2, 0) is 6.54 Å². The Bertz CT molecular complexity index is 377. The minimum Gasteiger partial charge on any atom is -0.366 e. The average molecular weight is 207 g/mol. The Morgan fingerprint density at radius 1 is 1.33 bits per heavy atom. The van der Waals surface area contributed by atoms with Crippen molar-refractivity contribution in [3.63, 3.8) is 0 Å². The van der Waals surface area contributed by atoms with E-state index in [1.54, 1.807) is 24.3 Å². The van der Waals surface area contributed by atoms with E-state index in [4.69, 9.17) is 5.73 Å². The summed E-state index contributed by atoms with van der Waals surface area (Å²) < 4.78 is 0. The van der Waals surface area contributed by atoms with E-state index in [0.29, 0.717) is 11.1 Å². The summed E-state index contributed by atoms with van der Waals surface area (Å²) in [4.78, 5) is 22.0. The molecule has 0 fully saturated rings. The molecule has 0 heterocycles. The standard InChI is InChI=1S/C10H13N3O2/c1-12-10(15)13-6-7-4-2-3-5-8(7)9(11)14/h2-5H,6H2,1H3,(H2,11,14)(H2,12,13,15).